The van der Waals surface area contributed by atoms with Gasteiger partial charge in [0.15, 0.2) is 0 Å². The Kier molecular flexibility index (Phi) is 2.62. The number of hydrogen-bond donors (Lipinski definition) is 1. The van der Waals surface area contributed by atoms with Crippen LogP contribution >= 0.6 is 0 Å². The molecular weight excluding hydrogens is 268 g/mol. The van der Waals surface area contributed by atoms with E-state index < -0.39 is 0 Å². The van der Waals surface area contributed by atoms with E-state index in [2.05, 4.69) is 86.1 Å². The molecule has 1 saturated heterocycles. The van der Waals surface area contributed by atoms with Crippen LogP contribution in [0, 0.1) is 6.92 Å². The number of para-hydroxylation sites is 1. The molecule has 22 heavy (non-hydrogen) atoms. The van der Waals surface area contributed by atoms with Crippen molar-refractivity contribution in [1.82, 2.24) is 5.32 Å². The summed E-state index contributed by atoms with van der Waals surface area (Å²) in [5, 5.41) is 3.74. The molecule has 2 aliphatic heterocycles. The van der Waals surface area contributed by atoms with Gasteiger partial charge in [0.25, 0.3) is 0 Å². The third-order valence-electron chi connectivity index (χ3n) is 5.48. The van der Waals surface area contributed by atoms with E-state index in [1.165, 1.54) is 22.4 Å². The Morgan fingerprint density at radius 1 is 1.05 bits per heavy atom. The van der Waals surface area contributed by atoms with Crippen LogP contribution in [0.25, 0.3) is 5.70 Å². The lowest BCUT2D eigenvalue weighted by molar-refractivity contribution is 0.578. The van der Waals surface area contributed by atoms with Gasteiger partial charge in [-0.15, -0.1) is 0 Å². The molecule has 0 bridgehead atoms. The van der Waals surface area contributed by atoms with E-state index in [0.29, 0.717) is 0 Å². The minimum Gasteiger partial charge on any atom is -0.321 e. The average molecular weight is 290 g/mol. The van der Waals surface area contributed by atoms with Crippen LogP contribution < -0.4 is 10.2 Å². The van der Waals surface area contributed by atoms with Gasteiger partial charge in [0.2, 0.25) is 0 Å². The van der Waals surface area contributed by atoms with E-state index in [9.17, 15) is 0 Å². The summed E-state index contributed by atoms with van der Waals surface area (Å²) in [5.74, 6) is 0. The zero-order valence-electron chi connectivity index (χ0n) is 13.5. The van der Waals surface area contributed by atoms with Gasteiger partial charge in [-0.3, -0.25) is 5.32 Å². The van der Waals surface area contributed by atoms with Gasteiger partial charge in [-0.1, -0.05) is 49.0 Å². The zero-order chi connectivity index (χ0) is 15.5. The Morgan fingerprint density at radius 2 is 1.73 bits per heavy atom. The van der Waals surface area contributed by atoms with Crippen LogP contribution in [0.2, 0.25) is 0 Å². The smallest absolute Gasteiger partial charge is 0.112 e. The summed E-state index contributed by atoms with van der Waals surface area (Å²) in [7, 11) is 0. The molecule has 2 aromatic carbocycles. The molecule has 112 valence electrons. The summed E-state index contributed by atoms with van der Waals surface area (Å²) in [6, 6.07) is 17.2. The number of benzene rings is 2. The molecule has 2 heteroatoms. The van der Waals surface area contributed by atoms with Gasteiger partial charge in [-0.25, -0.2) is 0 Å². The van der Waals surface area contributed by atoms with E-state index in [4.69, 9.17) is 0 Å². The lowest BCUT2D eigenvalue weighted by Crippen LogP contribution is -2.40. The maximum atomic E-state index is 4.45. The summed E-state index contributed by atoms with van der Waals surface area (Å²) < 4.78 is 0. The van der Waals surface area contributed by atoms with Gasteiger partial charge in [-0.2, -0.15) is 0 Å². The minimum absolute atomic E-state index is 0.0742. The highest BCUT2D eigenvalue weighted by Crippen LogP contribution is 2.52. The van der Waals surface area contributed by atoms with Crippen LogP contribution in [0.1, 0.15) is 30.5 Å². The second-order valence-electron chi connectivity index (χ2n) is 6.93. The fourth-order valence-electron chi connectivity index (χ4n) is 3.95. The van der Waals surface area contributed by atoms with E-state index in [-0.39, 0.29) is 11.2 Å². The minimum atomic E-state index is -0.0881. The quantitative estimate of drug-likeness (QED) is 0.800. The molecule has 2 heterocycles. The summed E-state index contributed by atoms with van der Waals surface area (Å²) in [6.45, 7) is 11.2. The molecule has 0 radical (unpaired) electrons. The number of rotatable bonds is 1. The maximum Gasteiger partial charge on any atom is 0.112 e. The first-order valence-electron chi connectivity index (χ1n) is 7.89. The van der Waals surface area contributed by atoms with Crippen LogP contribution in [0.5, 0.6) is 0 Å². The molecule has 0 saturated carbocycles. The molecule has 0 spiro atoms. The molecule has 2 atom stereocenters. The average Bonchev–Trinajstić information content (AvgIpc) is 3.04. The Labute approximate surface area is 132 Å². The number of nitrogens with one attached hydrogen (secondary N) is 1. The summed E-state index contributed by atoms with van der Waals surface area (Å²) in [4.78, 5) is 2.40. The number of aryl methyl sites for hydroxylation is 1. The Morgan fingerprint density at radius 3 is 2.50 bits per heavy atom. The molecule has 2 aromatic rings. The monoisotopic (exact) mass is 290 g/mol. The predicted octanol–water partition coefficient (Wildman–Crippen LogP) is 4.11. The summed E-state index contributed by atoms with van der Waals surface area (Å²) in [6.07, 6.45) is 1.03. The molecule has 4 rings (SSSR count). The van der Waals surface area contributed by atoms with Gasteiger partial charge in [0.05, 0.1) is 5.54 Å². The van der Waals surface area contributed by atoms with Crippen LogP contribution in [0.4, 0.5) is 5.69 Å². The topological polar surface area (TPSA) is 25.2 Å². The standard InChI is InChI=1S/C20H22N2/c1-14-9-5-8-12-18(14)22-15(2)17-11-7-6-10-16(17)13-19(3)20(22,4)21-19/h5-12,21H,2,13H2,1,3-4H3. The molecule has 2 nitrogen and oxygen atoms in total. The molecule has 1 N–H and O–H groups in total. The number of nitrogens with zero attached hydrogens (tertiary/aromatic N) is 1. The summed E-state index contributed by atoms with van der Waals surface area (Å²) >= 11 is 0. The fourth-order valence-corrected chi connectivity index (χ4v) is 3.95. The third kappa shape index (κ3) is 1.65. The van der Waals surface area contributed by atoms with Crippen molar-refractivity contribution >= 4 is 11.4 Å². The molecule has 2 unspecified atom stereocenters. The SMILES string of the molecule is C=C1c2ccccc2CC2(C)NC2(C)N1c1ccccc1C. The van der Waals surface area contributed by atoms with Crippen molar-refractivity contribution in [2.75, 3.05) is 4.90 Å². The zero-order valence-corrected chi connectivity index (χ0v) is 13.5. The van der Waals surface area contributed by atoms with E-state index >= 15 is 0 Å². The van der Waals surface area contributed by atoms with E-state index in [1.54, 1.807) is 0 Å². The van der Waals surface area contributed by atoms with Crippen molar-refractivity contribution in [3.63, 3.8) is 0 Å². The highest BCUT2D eigenvalue weighted by Gasteiger charge is 2.66. The second-order valence-corrected chi connectivity index (χ2v) is 6.93. The largest absolute Gasteiger partial charge is 0.321 e. The lowest BCUT2D eigenvalue weighted by Gasteiger charge is -2.34. The Bertz CT molecular complexity index is 779. The molecule has 0 aliphatic carbocycles. The molecule has 1 fully saturated rings. The fraction of sp³-hybridized carbons (Fsp3) is 0.300. The third-order valence-corrected chi connectivity index (χ3v) is 5.48. The second kappa shape index (κ2) is 4.23. The van der Waals surface area contributed by atoms with Crippen LogP contribution in [0.3, 0.4) is 0 Å². The van der Waals surface area contributed by atoms with E-state index in [0.717, 1.165) is 12.1 Å². The molecule has 2 aliphatic rings. The first kappa shape index (κ1) is 13.6. The van der Waals surface area contributed by atoms with Gasteiger partial charge < -0.3 is 4.90 Å². The van der Waals surface area contributed by atoms with Crippen molar-refractivity contribution in [2.24, 2.45) is 0 Å². The van der Waals surface area contributed by atoms with Crippen molar-refractivity contribution in [3.8, 4) is 0 Å². The Hall–Kier alpha value is -2.06. The highest BCUT2D eigenvalue weighted by atomic mass is 15.5. The molecule has 0 amide bonds. The summed E-state index contributed by atoms with van der Waals surface area (Å²) in [5.41, 5.74) is 6.23. The van der Waals surface area contributed by atoms with Crippen molar-refractivity contribution in [2.45, 2.75) is 38.4 Å². The van der Waals surface area contributed by atoms with Gasteiger partial charge in [0, 0.05) is 16.9 Å². The van der Waals surface area contributed by atoms with Crippen LogP contribution in [0.15, 0.2) is 55.1 Å². The molecular formula is C20H22N2. The normalized spacial score (nSPS) is 29.6. The van der Waals surface area contributed by atoms with Gasteiger partial charge in [0.1, 0.15) is 5.66 Å². The first-order chi connectivity index (χ1) is 10.5. The highest BCUT2D eigenvalue weighted by molar-refractivity contribution is 5.85. The van der Waals surface area contributed by atoms with E-state index in [1.807, 2.05) is 0 Å². The lowest BCUT2D eigenvalue weighted by atomic mass is 9.94. The molecule has 0 aromatic heterocycles. The number of hydrogen-bond acceptors (Lipinski definition) is 2. The Balaban J connectivity index is 1.94. The maximum absolute atomic E-state index is 4.45. The van der Waals surface area contributed by atoms with Crippen LogP contribution in [-0.2, 0) is 6.42 Å². The number of anilines is 1. The van der Waals surface area contributed by atoms with Crippen molar-refractivity contribution < 1.29 is 0 Å². The predicted molar refractivity (Wildman–Crippen MR) is 92.8 cm³/mol. The van der Waals surface area contributed by atoms with Gasteiger partial charge in [-0.05, 0) is 44.4 Å². The van der Waals surface area contributed by atoms with Crippen molar-refractivity contribution in [3.05, 3.63) is 71.8 Å². The van der Waals surface area contributed by atoms with Gasteiger partial charge >= 0.3 is 0 Å². The van der Waals surface area contributed by atoms with Crippen molar-refractivity contribution in [1.29, 1.82) is 0 Å². The first-order valence-corrected chi connectivity index (χ1v) is 7.89. The van der Waals surface area contributed by atoms with Crippen LogP contribution in [-0.4, -0.2) is 11.2 Å². The number of fused-ring (bicyclic) bond motifs is 2.